The Bertz CT molecular complexity index is 638. The first kappa shape index (κ1) is 13.8. The minimum Gasteiger partial charge on any atom is -0.437 e. The molecule has 0 aliphatic heterocycles. The van der Waals surface area contributed by atoms with Gasteiger partial charge >= 0.3 is 0 Å². The lowest BCUT2D eigenvalue weighted by molar-refractivity contribution is 0.0957. The second-order valence-corrected chi connectivity index (χ2v) is 4.41. The molecule has 1 heterocycles. The van der Waals surface area contributed by atoms with Crippen molar-refractivity contribution in [3.63, 3.8) is 0 Å². The smallest absolute Gasteiger partial charge is 0.271 e. The Morgan fingerprint density at radius 1 is 1.20 bits per heavy atom. The van der Waals surface area contributed by atoms with Gasteiger partial charge in [-0.05, 0) is 31.0 Å². The molecule has 0 spiro atoms. The Labute approximate surface area is 117 Å². The van der Waals surface area contributed by atoms with Crippen LogP contribution >= 0.6 is 0 Å². The van der Waals surface area contributed by atoms with Crippen LogP contribution in [0.2, 0.25) is 0 Å². The van der Waals surface area contributed by atoms with Gasteiger partial charge in [0, 0.05) is 24.9 Å². The predicted octanol–water partition coefficient (Wildman–Crippen LogP) is 1.83. The van der Waals surface area contributed by atoms with Crippen LogP contribution in [0.25, 0.3) is 0 Å². The van der Waals surface area contributed by atoms with Crippen molar-refractivity contribution in [2.45, 2.75) is 13.8 Å². The molecule has 0 unspecified atom stereocenters. The van der Waals surface area contributed by atoms with Crippen LogP contribution in [0.5, 0.6) is 11.6 Å². The fraction of sp³-hybridized carbons (Fsp3) is 0.214. The third kappa shape index (κ3) is 2.85. The maximum Gasteiger partial charge on any atom is 0.271 e. The molecule has 6 nitrogen and oxygen atoms in total. The van der Waals surface area contributed by atoms with Crippen molar-refractivity contribution in [3.8, 4) is 11.6 Å². The highest BCUT2D eigenvalue weighted by Gasteiger charge is 2.09. The van der Waals surface area contributed by atoms with Gasteiger partial charge in [-0.15, -0.1) is 10.2 Å². The normalized spacial score (nSPS) is 10.2. The van der Waals surface area contributed by atoms with Gasteiger partial charge in [0.1, 0.15) is 5.75 Å². The lowest BCUT2D eigenvalue weighted by Gasteiger charge is -2.10. The van der Waals surface area contributed by atoms with Crippen molar-refractivity contribution < 1.29 is 9.53 Å². The molecule has 0 aliphatic carbocycles. The van der Waals surface area contributed by atoms with Crippen LogP contribution in [0, 0.1) is 13.8 Å². The first-order valence-electron chi connectivity index (χ1n) is 6.11. The van der Waals surface area contributed by atoms with Crippen molar-refractivity contribution >= 4 is 11.6 Å². The summed E-state index contributed by atoms with van der Waals surface area (Å²) in [6, 6.07) is 6.83. The number of amides is 1. The van der Waals surface area contributed by atoms with Gasteiger partial charge in [0.2, 0.25) is 5.88 Å². The lowest BCUT2D eigenvalue weighted by atomic mass is 10.1. The standard InChI is InChI=1S/C14H16N4O2/c1-8-6-9(2)12(7-10(8)15)20-13-5-4-11(17-18-13)14(19)16-3/h4-7H,15H2,1-3H3,(H,16,19). The Balaban J connectivity index is 2.22. The van der Waals surface area contributed by atoms with Crippen molar-refractivity contribution in [1.29, 1.82) is 0 Å². The number of nitrogens with one attached hydrogen (secondary N) is 1. The maximum atomic E-state index is 11.3. The average molecular weight is 272 g/mol. The van der Waals surface area contributed by atoms with Crippen LogP contribution in [-0.2, 0) is 0 Å². The summed E-state index contributed by atoms with van der Waals surface area (Å²) < 4.78 is 5.63. The zero-order valence-corrected chi connectivity index (χ0v) is 11.6. The number of nitrogens with two attached hydrogens (primary N) is 1. The number of carbonyl (C=O) groups excluding carboxylic acids is 1. The van der Waals surface area contributed by atoms with Crippen molar-refractivity contribution in [2.24, 2.45) is 0 Å². The molecule has 0 bridgehead atoms. The zero-order valence-electron chi connectivity index (χ0n) is 11.6. The van der Waals surface area contributed by atoms with Crippen LogP contribution in [0.1, 0.15) is 21.6 Å². The first-order valence-corrected chi connectivity index (χ1v) is 6.11. The van der Waals surface area contributed by atoms with E-state index in [9.17, 15) is 4.79 Å². The van der Waals surface area contributed by atoms with Gasteiger partial charge in [-0.25, -0.2) is 0 Å². The number of rotatable bonds is 3. The van der Waals surface area contributed by atoms with Crippen molar-refractivity contribution in [2.75, 3.05) is 12.8 Å². The second kappa shape index (κ2) is 5.56. The van der Waals surface area contributed by atoms with E-state index < -0.39 is 0 Å². The first-order chi connectivity index (χ1) is 9.51. The molecule has 2 aromatic rings. The number of nitrogen functional groups attached to an aromatic ring is 1. The molecule has 20 heavy (non-hydrogen) atoms. The number of nitrogens with zero attached hydrogens (tertiary/aromatic N) is 2. The van der Waals surface area contributed by atoms with Gasteiger partial charge in [0.25, 0.3) is 5.91 Å². The molecule has 2 rings (SSSR count). The van der Waals surface area contributed by atoms with E-state index in [1.54, 1.807) is 18.2 Å². The summed E-state index contributed by atoms with van der Waals surface area (Å²) in [5, 5.41) is 10.1. The fourth-order valence-corrected chi connectivity index (χ4v) is 1.69. The minimum atomic E-state index is -0.292. The number of carbonyl (C=O) groups is 1. The topological polar surface area (TPSA) is 90.1 Å². The van der Waals surface area contributed by atoms with Crippen LogP contribution in [-0.4, -0.2) is 23.2 Å². The van der Waals surface area contributed by atoms with Gasteiger partial charge in [-0.3, -0.25) is 4.79 Å². The molecular formula is C14H16N4O2. The molecule has 0 aliphatic rings. The zero-order chi connectivity index (χ0) is 14.7. The van der Waals surface area contributed by atoms with Crippen molar-refractivity contribution in [1.82, 2.24) is 15.5 Å². The summed E-state index contributed by atoms with van der Waals surface area (Å²) in [5.74, 6) is 0.638. The highest BCUT2D eigenvalue weighted by atomic mass is 16.5. The number of hydrogen-bond acceptors (Lipinski definition) is 5. The fourth-order valence-electron chi connectivity index (χ4n) is 1.69. The summed E-state index contributed by atoms with van der Waals surface area (Å²) in [4.78, 5) is 11.3. The van der Waals surface area contributed by atoms with E-state index >= 15 is 0 Å². The molecule has 0 radical (unpaired) electrons. The number of aryl methyl sites for hydroxylation is 2. The van der Waals surface area contributed by atoms with Crippen LogP contribution < -0.4 is 15.8 Å². The molecule has 0 atom stereocenters. The number of hydrogen-bond donors (Lipinski definition) is 2. The van der Waals surface area contributed by atoms with Gasteiger partial charge in [0.05, 0.1) is 0 Å². The van der Waals surface area contributed by atoms with E-state index in [4.69, 9.17) is 10.5 Å². The molecule has 1 aromatic heterocycles. The summed E-state index contributed by atoms with van der Waals surface area (Å²) in [7, 11) is 1.53. The Kier molecular flexibility index (Phi) is 3.84. The number of ether oxygens (including phenoxy) is 1. The third-order valence-corrected chi connectivity index (χ3v) is 2.88. The number of aromatic nitrogens is 2. The van der Waals surface area contributed by atoms with E-state index in [1.807, 2.05) is 19.9 Å². The lowest BCUT2D eigenvalue weighted by Crippen LogP contribution is -2.19. The van der Waals surface area contributed by atoms with Gasteiger partial charge in [-0.2, -0.15) is 0 Å². The molecular weight excluding hydrogens is 256 g/mol. The average Bonchev–Trinajstić information content (AvgIpc) is 2.44. The van der Waals surface area contributed by atoms with E-state index in [1.165, 1.54) is 7.05 Å². The van der Waals surface area contributed by atoms with Gasteiger partial charge < -0.3 is 15.8 Å². The third-order valence-electron chi connectivity index (χ3n) is 2.88. The highest BCUT2D eigenvalue weighted by Crippen LogP contribution is 2.27. The molecule has 0 saturated carbocycles. The predicted molar refractivity (Wildman–Crippen MR) is 75.8 cm³/mol. The largest absolute Gasteiger partial charge is 0.437 e. The number of benzene rings is 1. The second-order valence-electron chi connectivity index (χ2n) is 4.41. The molecule has 3 N–H and O–H groups in total. The Hall–Kier alpha value is -2.63. The van der Waals surface area contributed by atoms with Gasteiger partial charge in [0.15, 0.2) is 5.69 Å². The molecule has 0 saturated heterocycles. The van der Waals surface area contributed by atoms with E-state index in [0.29, 0.717) is 17.3 Å². The SMILES string of the molecule is CNC(=O)c1ccc(Oc2cc(N)c(C)cc2C)nn1. The van der Waals surface area contributed by atoms with Crippen LogP contribution in [0.4, 0.5) is 5.69 Å². The van der Waals surface area contributed by atoms with Gasteiger partial charge in [-0.1, -0.05) is 6.07 Å². The molecule has 0 fully saturated rings. The molecule has 1 amide bonds. The molecule has 1 aromatic carbocycles. The summed E-state index contributed by atoms with van der Waals surface area (Å²) >= 11 is 0. The van der Waals surface area contributed by atoms with Crippen LogP contribution in [0.15, 0.2) is 24.3 Å². The molecule has 104 valence electrons. The minimum absolute atomic E-state index is 0.236. The van der Waals surface area contributed by atoms with E-state index in [-0.39, 0.29) is 11.6 Å². The Morgan fingerprint density at radius 3 is 2.55 bits per heavy atom. The maximum absolute atomic E-state index is 11.3. The molecule has 6 heteroatoms. The Morgan fingerprint density at radius 2 is 1.95 bits per heavy atom. The summed E-state index contributed by atoms with van der Waals surface area (Å²) in [6.07, 6.45) is 0. The summed E-state index contributed by atoms with van der Waals surface area (Å²) in [6.45, 7) is 3.86. The van der Waals surface area contributed by atoms with Crippen LogP contribution in [0.3, 0.4) is 0 Å². The quantitative estimate of drug-likeness (QED) is 0.832. The van der Waals surface area contributed by atoms with E-state index in [2.05, 4.69) is 15.5 Å². The van der Waals surface area contributed by atoms with E-state index in [0.717, 1.165) is 11.1 Å². The number of anilines is 1. The summed E-state index contributed by atoms with van der Waals surface area (Å²) in [5.41, 5.74) is 8.69. The monoisotopic (exact) mass is 272 g/mol. The van der Waals surface area contributed by atoms with Crippen molar-refractivity contribution in [3.05, 3.63) is 41.1 Å². The highest BCUT2D eigenvalue weighted by molar-refractivity contribution is 5.91.